The number of hydrogen-bond acceptors (Lipinski definition) is 5. The second-order valence-corrected chi connectivity index (χ2v) is 7.29. The summed E-state index contributed by atoms with van der Waals surface area (Å²) in [4.78, 5) is 11.6. The van der Waals surface area contributed by atoms with Crippen LogP contribution in [0.1, 0.15) is 49.2 Å². The average Bonchev–Trinajstić information content (AvgIpc) is 2.72. The highest BCUT2D eigenvalue weighted by Crippen LogP contribution is 2.37. The van der Waals surface area contributed by atoms with Crippen molar-refractivity contribution in [1.29, 1.82) is 0 Å². The molecule has 2 rings (SSSR count). The number of aldehydes is 1. The van der Waals surface area contributed by atoms with E-state index in [-0.39, 0.29) is 0 Å². The Hall–Kier alpha value is -1.37. The summed E-state index contributed by atoms with van der Waals surface area (Å²) in [5.74, 6) is 0.637. The van der Waals surface area contributed by atoms with Gasteiger partial charge in [0.05, 0.1) is 16.8 Å². The summed E-state index contributed by atoms with van der Waals surface area (Å²) in [7, 11) is 1.38. The molecular formula is C18H28BNO4. The van der Waals surface area contributed by atoms with Crippen LogP contribution in [0.4, 0.5) is 0 Å². The minimum Gasteiger partial charge on any atom is -0.491 e. The number of hydrogen-bond donors (Lipinski definition) is 1. The standard InChI is InChI=1S/C18H28BNO4/c1-12-13(2)16(22-9-8-20-7)14(11-21)10-15(12)19-23-17(3,4)18(5,6)24-19/h10-11,20H,8-9H2,1-7H3. The van der Waals surface area contributed by atoms with Crippen molar-refractivity contribution in [3.63, 3.8) is 0 Å². The van der Waals surface area contributed by atoms with Crippen LogP contribution in [0.3, 0.4) is 0 Å². The molecule has 1 N–H and O–H groups in total. The van der Waals surface area contributed by atoms with Crippen molar-refractivity contribution in [3.05, 3.63) is 22.8 Å². The van der Waals surface area contributed by atoms with Crippen molar-refractivity contribution in [3.8, 4) is 5.75 Å². The van der Waals surface area contributed by atoms with E-state index in [0.29, 0.717) is 17.9 Å². The molecule has 1 aromatic carbocycles. The topological polar surface area (TPSA) is 56.8 Å². The number of ether oxygens (including phenoxy) is 1. The highest BCUT2D eigenvalue weighted by Gasteiger charge is 2.52. The fourth-order valence-corrected chi connectivity index (χ4v) is 2.69. The molecule has 0 radical (unpaired) electrons. The molecule has 0 aliphatic carbocycles. The molecule has 0 aromatic heterocycles. The van der Waals surface area contributed by atoms with Gasteiger partial charge in [-0.15, -0.1) is 0 Å². The van der Waals surface area contributed by atoms with Crippen molar-refractivity contribution in [2.75, 3.05) is 20.2 Å². The first-order valence-electron chi connectivity index (χ1n) is 8.37. The van der Waals surface area contributed by atoms with Gasteiger partial charge in [-0.05, 0) is 71.2 Å². The summed E-state index contributed by atoms with van der Waals surface area (Å²) in [5.41, 5.74) is 2.55. The van der Waals surface area contributed by atoms with E-state index < -0.39 is 18.3 Å². The largest absolute Gasteiger partial charge is 0.495 e. The number of carbonyl (C=O) groups is 1. The third-order valence-corrected chi connectivity index (χ3v) is 5.14. The third-order valence-electron chi connectivity index (χ3n) is 5.14. The average molecular weight is 333 g/mol. The Morgan fingerprint density at radius 3 is 2.25 bits per heavy atom. The highest BCUT2D eigenvalue weighted by molar-refractivity contribution is 6.62. The van der Waals surface area contributed by atoms with Gasteiger partial charge in [-0.1, -0.05) is 0 Å². The minimum absolute atomic E-state index is 0.415. The number of nitrogens with one attached hydrogen (secondary N) is 1. The van der Waals surface area contributed by atoms with E-state index in [1.165, 1.54) is 0 Å². The van der Waals surface area contributed by atoms with Gasteiger partial charge in [0, 0.05) is 6.54 Å². The molecule has 0 bridgehead atoms. The van der Waals surface area contributed by atoms with Gasteiger partial charge < -0.3 is 19.4 Å². The SMILES string of the molecule is CNCCOc1c(C=O)cc(B2OC(C)(C)C(C)(C)O2)c(C)c1C. The molecule has 5 nitrogen and oxygen atoms in total. The third kappa shape index (κ3) is 3.36. The lowest BCUT2D eigenvalue weighted by Crippen LogP contribution is -2.41. The molecule has 1 saturated heterocycles. The second-order valence-electron chi connectivity index (χ2n) is 7.29. The Bertz CT molecular complexity index is 612. The van der Waals surface area contributed by atoms with Gasteiger partial charge in [0.1, 0.15) is 12.4 Å². The van der Waals surface area contributed by atoms with Gasteiger partial charge in [-0.3, -0.25) is 4.79 Å². The Kier molecular flexibility index (Phi) is 5.42. The van der Waals surface area contributed by atoms with Crippen LogP contribution in [0.2, 0.25) is 0 Å². The van der Waals surface area contributed by atoms with Crippen molar-refractivity contribution in [2.24, 2.45) is 0 Å². The molecule has 0 atom stereocenters. The molecule has 1 aromatic rings. The second kappa shape index (κ2) is 6.86. The zero-order valence-corrected chi connectivity index (χ0v) is 15.8. The van der Waals surface area contributed by atoms with Gasteiger partial charge in [0.2, 0.25) is 0 Å². The summed E-state index contributed by atoms with van der Waals surface area (Å²) >= 11 is 0. The molecule has 24 heavy (non-hydrogen) atoms. The van der Waals surface area contributed by atoms with Gasteiger partial charge >= 0.3 is 7.12 Å². The zero-order valence-electron chi connectivity index (χ0n) is 15.8. The highest BCUT2D eigenvalue weighted by atomic mass is 16.7. The summed E-state index contributed by atoms with van der Waals surface area (Å²) < 4.78 is 18.1. The van der Waals surface area contributed by atoms with E-state index in [0.717, 1.165) is 29.4 Å². The van der Waals surface area contributed by atoms with Crippen molar-refractivity contribution in [1.82, 2.24) is 5.32 Å². The van der Waals surface area contributed by atoms with Gasteiger partial charge in [0.15, 0.2) is 6.29 Å². The molecule has 0 amide bonds. The predicted molar refractivity (Wildman–Crippen MR) is 96.4 cm³/mol. The van der Waals surface area contributed by atoms with Crippen LogP contribution in [-0.4, -0.2) is 44.8 Å². The normalized spacial score (nSPS) is 18.7. The first-order chi connectivity index (χ1) is 11.1. The van der Waals surface area contributed by atoms with Crippen LogP contribution < -0.4 is 15.5 Å². The van der Waals surface area contributed by atoms with E-state index in [4.69, 9.17) is 14.0 Å². The Morgan fingerprint density at radius 2 is 1.75 bits per heavy atom. The summed E-state index contributed by atoms with van der Waals surface area (Å²) in [6.07, 6.45) is 0.829. The quantitative estimate of drug-likeness (QED) is 0.490. The van der Waals surface area contributed by atoms with Crippen LogP contribution in [0.5, 0.6) is 5.75 Å². The van der Waals surface area contributed by atoms with E-state index in [1.54, 1.807) is 0 Å². The molecule has 0 unspecified atom stereocenters. The number of benzene rings is 1. The molecule has 1 aliphatic rings. The lowest BCUT2D eigenvalue weighted by atomic mass is 9.74. The fourth-order valence-electron chi connectivity index (χ4n) is 2.69. The van der Waals surface area contributed by atoms with E-state index in [1.807, 2.05) is 54.7 Å². The van der Waals surface area contributed by atoms with Crippen LogP contribution in [0.25, 0.3) is 0 Å². The van der Waals surface area contributed by atoms with Crippen LogP contribution in [0.15, 0.2) is 6.07 Å². The fraction of sp³-hybridized carbons (Fsp3) is 0.611. The predicted octanol–water partition coefficient (Wildman–Crippen LogP) is 2.01. The van der Waals surface area contributed by atoms with Gasteiger partial charge in [-0.25, -0.2) is 0 Å². The first-order valence-corrected chi connectivity index (χ1v) is 8.37. The van der Waals surface area contributed by atoms with Crippen LogP contribution in [-0.2, 0) is 9.31 Å². The number of likely N-dealkylation sites (N-methyl/N-ethyl adjacent to an activating group) is 1. The summed E-state index contributed by atoms with van der Waals surface area (Å²) in [6.45, 7) is 13.3. The minimum atomic E-state index is -0.487. The maximum absolute atomic E-state index is 11.6. The van der Waals surface area contributed by atoms with E-state index in [2.05, 4.69) is 5.32 Å². The van der Waals surface area contributed by atoms with Gasteiger partial charge in [-0.2, -0.15) is 0 Å². The van der Waals surface area contributed by atoms with Crippen molar-refractivity contribution in [2.45, 2.75) is 52.7 Å². The first kappa shape index (κ1) is 19.0. The molecule has 1 aliphatic heterocycles. The van der Waals surface area contributed by atoms with Crippen LogP contribution >= 0.6 is 0 Å². The molecule has 0 saturated carbocycles. The molecule has 0 spiro atoms. The number of carbonyl (C=O) groups excluding carboxylic acids is 1. The Balaban J connectivity index is 2.40. The molecule has 6 heteroatoms. The Morgan fingerprint density at radius 1 is 1.17 bits per heavy atom. The number of rotatable bonds is 6. The maximum atomic E-state index is 11.6. The van der Waals surface area contributed by atoms with Crippen molar-refractivity contribution >= 4 is 18.9 Å². The van der Waals surface area contributed by atoms with Crippen LogP contribution in [0, 0.1) is 13.8 Å². The monoisotopic (exact) mass is 333 g/mol. The smallest absolute Gasteiger partial charge is 0.491 e. The van der Waals surface area contributed by atoms with E-state index in [9.17, 15) is 4.79 Å². The van der Waals surface area contributed by atoms with Crippen molar-refractivity contribution < 1.29 is 18.8 Å². The molecular weight excluding hydrogens is 305 g/mol. The molecule has 1 heterocycles. The summed E-state index contributed by atoms with van der Waals surface area (Å²) in [6, 6.07) is 1.83. The van der Waals surface area contributed by atoms with E-state index >= 15 is 0 Å². The Labute approximate surface area is 145 Å². The molecule has 1 fully saturated rings. The zero-order chi connectivity index (χ0) is 18.1. The molecule has 132 valence electrons. The lowest BCUT2D eigenvalue weighted by molar-refractivity contribution is 0.00578. The lowest BCUT2D eigenvalue weighted by Gasteiger charge is -2.32. The maximum Gasteiger partial charge on any atom is 0.495 e. The summed E-state index contributed by atoms with van der Waals surface area (Å²) in [5, 5.41) is 3.03. The van der Waals surface area contributed by atoms with Gasteiger partial charge in [0.25, 0.3) is 0 Å².